The Morgan fingerprint density at radius 3 is 2.84 bits per heavy atom. The van der Waals surface area contributed by atoms with E-state index in [1.165, 1.54) is 16.3 Å². The Kier molecular flexibility index (Phi) is 3.38. The second kappa shape index (κ2) is 5.62. The number of aliphatic hydroxyl groups excluding tert-OH is 1. The second-order valence-electron chi connectivity index (χ2n) is 6.85. The lowest BCUT2D eigenvalue weighted by Gasteiger charge is -2.65. The first kappa shape index (κ1) is 15.0. The molecule has 0 radical (unpaired) electrons. The Balaban J connectivity index is 1.35. The maximum atomic E-state index is 9.54. The van der Waals surface area contributed by atoms with Crippen molar-refractivity contribution < 1.29 is 9.84 Å². The highest BCUT2D eigenvalue weighted by molar-refractivity contribution is 5.82. The van der Waals surface area contributed by atoms with Gasteiger partial charge in [0, 0.05) is 19.5 Å². The van der Waals surface area contributed by atoms with Crippen LogP contribution in [0.5, 0.6) is 0 Å². The number of fused-ring (bicyclic) bond motifs is 2. The molecule has 2 aromatic carbocycles. The molecule has 2 fully saturated rings. The molecule has 0 spiro atoms. The van der Waals surface area contributed by atoms with Gasteiger partial charge in [-0.1, -0.05) is 41.6 Å². The van der Waals surface area contributed by atoms with Gasteiger partial charge < -0.3 is 9.84 Å². The molecule has 2 aliphatic heterocycles. The highest BCUT2D eigenvalue weighted by Crippen LogP contribution is 2.48. The largest absolute Gasteiger partial charge is 0.390 e. The van der Waals surface area contributed by atoms with Gasteiger partial charge in [0.2, 0.25) is 0 Å². The molecule has 6 heteroatoms. The quantitative estimate of drug-likeness (QED) is 0.771. The predicted molar refractivity (Wildman–Crippen MR) is 92.6 cm³/mol. The van der Waals surface area contributed by atoms with Crippen molar-refractivity contribution in [1.82, 2.24) is 19.9 Å². The second-order valence-corrected chi connectivity index (χ2v) is 6.85. The van der Waals surface area contributed by atoms with E-state index in [0.29, 0.717) is 6.61 Å². The minimum atomic E-state index is -0.259. The lowest BCUT2D eigenvalue weighted by atomic mass is 9.79. The number of hydrogen-bond acceptors (Lipinski definition) is 5. The molecule has 2 aliphatic rings. The first-order chi connectivity index (χ1) is 12.3. The topological polar surface area (TPSA) is 63.4 Å². The molecule has 5 rings (SSSR count). The van der Waals surface area contributed by atoms with Gasteiger partial charge in [-0.05, 0) is 22.4 Å². The fourth-order valence-corrected chi connectivity index (χ4v) is 4.12. The Morgan fingerprint density at radius 1 is 1.20 bits per heavy atom. The summed E-state index contributed by atoms with van der Waals surface area (Å²) < 4.78 is 8.11. The molecule has 25 heavy (non-hydrogen) atoms. The van der Waals surface area contributed by atoms with E-state index < -0.39 is 0 Å². The standard InChI is InChI=1S/C19H20N4O2/c24-12-17-10-20-21-23(17)19-7-8-22(19)11-18(19)25-13-14-5-6-15-3-1-2-4-16(15)9-14/h1-6,9-10,18,24H,7-8,11-13H2. The Labute approximate surface area is 145 Å². The summed E-state index contributed by atoms with van der Waals surface area (Å²) in [4.78, 5) is 2.34. The molecule has 2 atom stereocenters. The number of hydrogen-bond donors (Lipinski definition) is 1. The third-order valence-corrected chi connectivity index (χ3v) is 5.61. The van der Waals surface area contributed by atoms with Crippen LogP contribution in [0.3, 0.4) is 0 Å². The zero-order valence-electron chi connectivity index (χ0n) is 13.9. The molecule has 0 amide bonds. The maximum absolute atomic E-state index is 9.54. The Morgan fingerprint density at radius 2 is 2.08 bits per heavy atom. The first-order valence-corrected chi connectivity index (χ1v) is 8.66. The van der Waals surface area contributed by atoms with Gasteiger partial charge in [0.05, 0.1) is 25.1 Å². The van der Waals surface area contributed by atoms with Crippen molar-refractivity contribution in [2.75, 3.05) is 13.1 Å². The van der Waals surface area contributed by atoms with Crippen LogP contribution in [0.4, 0.5) is 0 Å². The average molecular weight is 336 g/mol. The predicted octanol–water partition coefficient (Wildman–Crippen LogP) is 1.88. The van der Waals surface area contributed by atoms with Crippen LogP contribution in [-0.2, 0) is 23.6 Å². The third kappa shape index (κ3) is 2.15. The molecule has 0 bridgehead atoms. The van der Waals surface area contributed by atoms with Crippen molar-refractivity contribution in [3.05, 3.63) is 59.9 Å². The molecular weight excluding hydrogens is 316 g/mol. The Hall–Kier alpha value is -2.28. The van der Waals surface area contributed by atoms with Crippen molar-refractivity contribution in [2.24, 2.45) is 0 Å². The summed E-state index contributed by atoms with van der Waals surface area (Å²) in [5.74, 6) is 0. The Bertz CT molecular complexity index is 924. The molecule has 1 aromatic heterocycles. The normalized spacial score (nSPS) is 25.4. The highest BCUT2D eigenvalue weighted by Gasteiger charge is 2.63. The third-order valence-electron chi connectivity index (χ3n) is 5.61. The minimum Gasteiger partial charge on any atom is -0.390 e. The summed E-state index contributed by atoms with van der Waals surface area (Å²) in [6.07, 6.45) is 2.68. The van der Waals surface area contributed by atoms with Crippen LogP contribution >= 0.6 is 0 Å². The molecular formula is C19H20N4O2. The minimum absolute atomic E-state index is 0.0556. The van der Waals surface area contributed by atoms with Crippen LogP contribution < -0.4 is 0 Å². The molecule has 3 heterocycles. The van der Waals surface area contributed by atoms with E-state index in [1.807, 2.05) is 4.68 Å². The zero-order chi connectivity index (χ0) is 16.9. The number of ether oxygens (including phenoxy) is 1. The maximum Gasteiger partial charge on any atom is 0.146 e. The summed E-state index contributed by atoms with van der Waals surface area (Å²) in [5, 5.41) is 20.2. The van der Waals surface area contributed by atoms with Gasteiger partial charge in [-0.3, -0.25) is 4.90 Å². The molecule has 2 unspecified atom stereocenters. The van der Waals surface area contributed by atoms with E-state index in [1.54, 1.807) is 6.20 Å². The van der Waals surface area contributed by atoms with E-state index >= 15 is 0 Å². The molecule has 3 aromatic rings. The smallest absolute Gasteiger partial charge is 0.146 e. The summed E-state index contributed by atoms with van der Waals surface area (Å²) in [7, 11) is 0. The first-order valence-electron chi connectivity index (χ1n) is 8.66. The van der Waals surface area contributed by atoms with Crippen molar-refractivity contribution >= 4 is 10.8 Å². The molecule has 0 aliphatic carbocycles. The number of nitrogens with zero attached hydrogens (tertiary/aromatic N) is 4. The van der Waals surface area contributed by atoms with Crippen LogP contribution in [-0.4, -0.2) is 44.2 Å². The van der Waals surface area contributed by atoms with Crippen LogP contribution in [0.15, 0.2) is 48.7 Å². The number of aliphatic hydroxyl groups is 1. The van der Waals surface area contributed by atoms with Crippen LogP contribution in [0.2, 0.25) is 0 Å². The summed E-state index contributed by atoms with van der Waals surface area (Å²) in [5.41, 5.74) is 1.65. The van der Waals surface area contributed by atoms with E-state index in [9.17, 15) is 5.11 Å². The van der Waals surface area contributed by atoms with Crippen LogP contribution in [0.1, 0.15) is 17.7 Å². The molecule has 0 saturated carbocycles. The monoisotopic (exact) mass is 336 g/mol. The number of aromatic nitrogens is 3. The number of benzene rings is 2. The zero-order valence-corrected chi connectivity index (χ0v) is 13.9. The molecule has 6 nitrogen and oxygen atoms in total. The summed E-state index contributed by atoms with van der Waals surface area (Å²) in [6.45, 7) is 2.47. The van der Waals surface area contributed by atoms with E-state index in [0.717, 1.165) is 25.2 Å². The summed E-state index contributed by atoms with van der Waals surface area (Å²) in [6, 6.07) is 14.8. The molecule has 1 N–H and O–H groups in total. The van der Waals surface area contributed by atoms with Gasteiger partial charge in [0.25, 0.3) is 0 Å². The average Bonchev–Trinajstić information content (AvgIpc) is 3.11. The van der Waals surface area contributed by atoms with Gasteiger partial charge in [0.1, 0.15) is 11.8 Å². The van der Waals surface area contributed by atoms with Crippen molar-refractivity contribution in [1.29, 1.82) is 0 Å². The molecule has 2 saturated heterocycles. The van der Waals surface area contributed by atoms with E-state index in [4.69, 9.17) is 4.74 Å². The fraction of sp³-hybridized carbons (Fsp3) is 0.368. The lowest BCUT2D eigenvalue weighted by Crippen LogP contribution is -2.79. The fourth-order valence-electron chi connectivity index (χ4n) is 4.12. The van der Waals surface area contributed by atoms with Gasteiger partial charge in [-0.15, -0.1) is 5.10 Å². The van der Waals surface area contributed by atoms with Crippen LogP contribution in [0, 0.1) is 0 Å². The number of rotatable bonds is 5. The van der Waals surface area contributed by atoms with Gasteiger partial charge in [-0.2, -0.15) is 0 Å². The van der Waals surface area contributed by atoms with E-state index in [2.05, 4.69) is 57.7 Å². The molecule has 128 valence electrons. The van der Waals surface area contributed by atoms with Crippen molar-refractivity contribution in [3.8, 4) is 0 Å². The number of piperidine rings is 1. The van der Waals surface area contributed by atoms with Crippen LogP contribution in [0.25, 0.3) is 10.8 Å². The SMILES string of the molecule is OCc1cnnn1C12CCN1CC2OCc1ccc2ccccc2c1. The van der Waals surface area contributed by atoms with Gasteiger partial charge in [0.15, 0.2) is 0 Å². The van der Waals surface area contributed by atoms with E-state index in [-0.39, 0.29) is 18.4 Å². The lowest BCUT2D eigenvalue weighted by molar-refractivity contribution is -0.276. The van der Waals surface area contributed by atoms with Gasteiger partial charge >= 0.3 is 0 Å². The van der Waals surface area contributed by atoms with Crippen molar-refractivity contribution in [2.45, 2.75) is 31.4 Å². The van der Waals surface area contributed by atoms with Gasteiger partial charge in [-0.25, -0.2) is 4.68 Å². The highest BCUT2D eigenvalue weighted by atomic mass is 16.5. The van der Waals surface area contributed by atoms with Crippen molar-refractivity contribution in [3.63, 3.8) is 0 Å². The summed E-state index contributed by atoms with van der Waals surface area (Å²) >= 11 is 0.